The van der Waals surface area contributed by atoms with E-state index in [2.05, 4.69) is 21.6 Å². The Morgan fingerprint density at radius 1 is 0.969 bits per heavy atom. The molecule has 2 aromatic carbocycles. The van der Waals surface area contributed by atoms with Gasteiger partial charge in [-0.25, -0.2) is 0 Å². The number of hydrogen-bond acceptors (Lipinski definition) is 5. The summed E-state index contributed by atoms with van der Waals surface area (Å²) < 4.78 is 10.6. The third-order valence-corrected chi connectivity index (χ3v) is 5.55. The Bertz CT molecular complexity index is 1070. The zero-order chi connectivity index (χ0) is 22.3. The summed E-state index contributed by atoms with van der Waals surface area (Å²) in [5.41, 5.74) is 4.20. The molecule has 1 fully saturated rings. The normalized spacial score (nSPS) is 14.2. The van der Waals surface area contributed by atoms with E-state index in [0.717, 1.165) is 44.0 Å². The van der Waals surface area contributed by atoms with Crippen LogP contribution in [0.15, 0.2) is 65.3 Å². The van der Waals surface area contributed by atoms with Crippen LogP contribution >= 0.6 is 0 Å². The molecule has 166 valence electrons. The van der Waals surface area contributed by atoms with Gasteiger partial charge < -0.3 is 19.8 Å². The molecule has 1 aromatic heterocycles. The first kappa shape index (κ1) is 21.8. The topological polar surface area (TPSA) is 83.8 Å². The molecule has 0 aliphatic carbocycles. The molecular weight excluding hydrogens is 406 g/mol. The zero-order valence-electron chi connectivity index (χ0n) is 18.1. The van der Waals surface area contributed by atoms with E-state index in [1.807, 2.05) is 31.2 Å². The van der Waals surface area contributed by atoms with Crippen molar-refractivity contribution in [2.75, 3.05) is 31.6 Å². The summed E-state index contributed by atoms with van der Waals surface area (Å²) >= 11 is 0. The highest BCUT2D eigenvalue weighted by Gasteiger charge is 2.15. The predicted octanol–water partition coefficient (Wildman–Crippen LogP) is 3.60. The summed E-state index contributed by atoms with van der Waals surface area (Å²) in [7, 11) is 0. The van der Waals surface area contributed by atoms with E-state index in [1.165, 1.54) is 11.8 Å². The van der Waals surface area contributed by atoms with E-state index in [4.69, 9.17) is 9.15 Å². The van der Waals surface area contributed by atoms with E-state index < -0.39 is 0 Å². The lowest BCUT2D eigenvalue weighted by Gasteiger charge is -2.27. The lowest BCUT2D eigenvalue weighted by molar-refractivity contribution is 0.0340. The number of benzene rings is 2. The number of carbonyl (C=O) groups is 2. The Morgan fingerprint density at radius 3 is 2.50 bits per heavy atom. The molecule has 0 bridgehead atoms. The van der Waals surface area contributed by atoms with Gasteiger partial charge in [-0.3, -0.25) is 14.5 Å². The first-order chi connectivity index (χ1) is 15.6. The van der Waals surface area contributed by atoms with Gasteiger partial charge in [0, 0.05) is 37.4 Å². The molecule has 3 aromatic rings. The van der Waals surface area contributed by atoms with Crippen molar-refractivity contribution >= 4 is 17.5 Å². The van der Waals surface area contributed by atoms with Gasteiger partial charge in [0.05, 0.1) is 19.5 Å². The Morgan fingerprint density at radius 2 is 1.75 bits per heavy atom. The highest BCUT2D eigenvalue weighted by atomic mass is 16.5. The average molecular weight is 434 g/mol. The van der Waals surface area contributed by atoms with E-state index in [9.17, 15) is 9.59 Å². The van der Waals surface area contributed by atoms with Gasteiger partial charge in [0.1, 0.15) is 0 Å². The number of carbonyl (C=O) groups excluding carboxylic acids is 2. The Hall–Kier alpha value is -3.42. The minimum absolute atomic E-state index is 0.195. The molecule has 0 unspecified atom stereocenters. The van der Waals surface area contributed by atoms with Crippen LogP contribution in [0.25, 0.3) is 0 Å². The van der Waals surface area contributed by atoms with Gasteiger partial charge in [-0.2, -0.15) is 0 Å². The fourth-order valence-electron chi connectivity index (χ4n) is 3.65. The zero-order valence-corrected chi connectivity index (χ0v) is 18.1. The van der Waals surface area contributed by atoms with Gasteiger partial charge in [0.15, 0.2) is 5.76 Å². The number of rotatable bonds is 7. The van der Waals surface area contributed by atoms with E-state index in [-0.39, 0.29) is 17.6 Å². The van der Waals surface area contributed by atoms with Crippen LogP contribution in [0.2, 0.25) is 0 Å². The first-order valence-electron chi connectivity index (χ1n) is 10.7. The second-order valence-corrected chi connectivity index (χ2v) is 7.80. The summed E-state index contributed by atoms with van der Waals surface area (Å²) in [5.74, 6) is -0.330. The summed E-state index contributed by atoms with van der Waals surface area (Å²) in [6.07, 6.45) is 1.45. The maximum Gasteiger partial charge on any atom is 0.291 e. The van der Waals surface area contributed by atoms with Gasteiger partial charge >= 0.3 is 0 Å². The van der Waals surface area contributed by atoms with Crippen LogP contribution in [-0.4, -0.2) is 43.0 Å². The fourth-order valence-corrected chi connectivity index (χ4v) is 3.65. The molecule has 0 spiro atoms. The SMILES string of the molecule is Cc1ccc(C(=O)NCc2ccccc2CN2CCOCC2)cc1NC(=O)c1ccco1. The minimum atomic E-state index is -0.354. The molecule has 2 amide bonds. The Labute approximate surface area is 187 Å². The molecule has 7 heteroatoms. The predicted molar refractivity (Wildman–Crippen MR) is 122 cm³/mol. The molecule has 2 N–H and O–H groups in total. The summed E-state index contributed by atoms with van der Waals surface area (Å²) in [4.78, 5) is 27.5. The molecule has 0 radical (unpaired) electrons. The third-order valence-electron chi connectivity index (χ3n) is 5.55. The van der Waals surface area contributed by atoms with E-state index in [0.29, 0.717) is 17.8 Å². The van der Waals surface area contributed by atoms with Gasteiger partial charge in [-0.1, -0.05) is 30.3 Å². The molecule has 4 rings (SSSR count). The third kappa shape index (κ3) is 5.43. The van der Waals surface area contributed by atoms with Gasteiger partial charge in [0.25, 0.3) is 11.8 Å². The number of amides is 2. The molecule has 7 nitrogen and oxygen atoms in total. The quantitative estimate of drug-likeness (QED) is 0.595. The van der Waals surface area contributed by atoms with Gasteiger partial charge in [-0.15, -0.1) is 0 Å². The van der Waals surface area contributed by atoms with Crippen molar-refractivity contribution in [3.8, 4) is 0 Å². The minimum Gasteiger partial charge on any atom is -0.459 e. The number of anilines is 1. The Kier molecular flexibility index (Phi) is 6.99. The second-order valence-electron chi connectivity index (χ2n) is 7.80. The number of hydrogen-bond donors (Lipinski definition) is 2. The molecule has 1 aliphatic rings. The van der Waals surface area contributed by atoms with Crippen molar-refractivity contribution in [1.82, 2.24) is 10.2 Å². The number of morpholine rings is 1. The lowest BCUT2D eigenvalue weighted by Crippen LogP contribution is -2.36. The van der Waals surface area contributed by atoms with Crippen molar-refractivity contribution in [2.45, 2.75) is 20.0 Å². The van der Waals surface area contributed by atoms with Gasteiger partial charge in [-0.05, 0) is 47.9 Å². The fraction of sp³-hybridized carbons (Fsp3) is 0.280. The maximum atomic E-state index is 12.8. The molecule has 1 aliphatic heterocycles. The number of ether oxygens (including phenoxy) is 1. The molecule has 1 saturated heterocycles. The standard InChI is InChI=1S/C25H27N3O4/c1-18-8-9-19(15-22(18)27-25(30)23-7-4-12-32-23)24(29)26-16-20-5-2-3-6-21(20)17-28-10-13-31-14-11-28/h2-9,12,15H,10-11,13-14,16-17H2,1H3,(H,26,29)(H,27,30). The summed E-state index contributed by atoms with van der Waals surface area (Å²) in [5, 5.41) is 5.81. The van der Waals surface area contributed by atoms with Crippen LogP contribution < -0.4 is 10.6 Å². The average Bonchev–Trinajstić information content (AvgIpc) is 3.36. The van der Waals surface area contributed by atoms with Gasteiger partial charge in [0.2, 0.25) is 0 Å². The number of aryl methyl sites for hydroxylation is 1. The van der Waals surface area contributed by atoms with Crippen molar-refractivity contribution in [3.05, 3.63) is 88.9 Å². The number of furan rings is 1. The Balaban J connectivity index is 1.41. The highest BCUT2D eigenvalue weighted by Crippen LogP contribution is 2.19. The maximum absolute atomic E-state index is 12.8. The van der Waals surface area contributed by atoms with E-state index in [1.54, 1.807) is 24.3 Å². The van der Waals surface area contributed by atoms with Crippen LogP contribution in [0.1, 0.15) is 37.6 Å². The van der Waals surface area contributed by atoms with Crippen LogP contribution in [0.3, 0.4) is 0 Å². The van der Waals surface area contributed by atoms with Crippen molar-refractivity contribution in [3.63, 3.8) is 0 Å². The molecule has 0 atom stereocenters. The lowest BCUT2D eigenvalue weighted by atomic mass is 10.1. The largest absolute Gasteiger partial charge is 0.459 e. The summed E-state index contributed by atoms with van der Waals surface area (Å²) in [6, 6.07) is 16.7. The molecule has 0 saturated carbocycles. The highest BCUT2D eigenvalue weighted by molar-refractivity contribution is 6.03. The smallest absolute Gasteiger partial charge is 0.291 e. The monoisotopic (exact) mass is 433 g/mol. The van der Waals surface area contributed by atoms with Crippen LogP contribution in [0, 0.1) is 6.92 Å². The number of nitrogens with zero attached hydrogens (tertiary/aromatic N) is 1. The molecule has 32 heavy (non-hydrogen) atoms. The van der Waals surface area contributed by atoms with E-state index >= 15 is 0 Å². The van der Waals surface area contributed by atoms with Crippen molar-refractivity contribution in [1.29, 1.82) is 0 Å². The number of nitrogens with one attached hydrogen (secondary N) is 2. The molecule has 2 heterocycles. The second kappa shape index (κ2) is 10.3. The first-order valence-corrected chi connectivity index (χ1v) is 10.7. The molecular formula is C25H27N3O4. The van der Waals surface area contributed by atoms with Crippen molar-refractivity contribution < 1.29 is 18.7 Å². The van der Waals surface area contributed by atoms with Crippen molar-refractivity contribution in [2.24, 2.45) is 0 Å². The summed E-state index contributed by atoms with van der Waals surface area (Å²) in [6.45, 7) is 6.48. The van der Waals surface area contributed by atoms with Crippen LogP contribution in [-0.2, 0) is 17.8 Å². The van der Waals surface area contributed by atoms with Crippen LogP contribution in [0.4, 0.5) is 5.69 Å². The van der Waals surface area contributed by atoms with Crippen LogP contribution in [0.5, 0.6) is 0 Å².